The second kappa shape index (κ2) is 11.6. The molecule has 3 N–H and O–H groups in total. The molecule has 0 bridgehead atoms. The Bertz CT molecular complexity index is 1590. The van der Waals surface area contributed by atoms with Crippen molar-refractivity contribution in [3.05, 3.63) is 87.5 Å². The number of amides is 1. The van der Waals surface area contributed by atoms with Gasteiger partial charge in [-0.05, 0) is 35.7 Å². The van der Waals surface area contributed by atoms with Crippen LogP contribution in [0.1, 0.15) is 29.5 Å². The number of carbonyl (C=O) groups is 1. The number of fused-ring (bicyclic) bond motifs is 1. The summed E-state index contributed by atoms with van der Waals surface area (Å²) in [5, 5.41) is 10.9. The molecule has 1 saturated heterocycles. The maximum atomic E-state index is 11.4. The Morgan fingerprint density at radius 1 is 1.00 bits per heavy atom. The molecule has 1 atom stereocenters. The number of hydrogen-bond donors (Lipinski definition) is 3. The van der Waals surface area contributed by atoms with Gasteiger partial charge in [-0.2, -0.15) is 0 Å². The molecule has 9 heteroatoms. The summed E-state index contributed by atoms with van der Waals surface area (Å²) >= 11 is 14.0. The van der Waals surface area contributed by atoms with Gasteiger partial charge in [-0.25, -0.2) is 4.98 Å². The zero-order valence-corrected chi connectivity index (χ0v) is 23.6. The van der Waals surface area contributed by atoms with Crippen molar-refractivity contribution in [1.82, 2.24) is 25.9 Å². The highest BCUT2D eigenvalue weighted by atomic mass is 35.5. The Morgan fingerprint density at radius 2 is 1.82 bits per heavy atom. The van der Waals surface area contributed by atoms with Crippen LogP contribution in [-0.4, -0.2) is 35.6 Å². The maximum Gasteiger partial charge on any atom is 0.220 e. The van der Waals surface area contributed by atoms with Gasteiger partial charge in [0.15, 0.2) is 0 Å². The number of rotatable bonds is 8. The van der Waals surface area contributed by atoms with Gasteiger partial charge in [-0.15, -0.1) is 0 Å². The molecule has 2 aromatic carbocycles. The van der Waals surface area contributed by atoms with Crippen LogP contribution in [-0.2, 0) is 24.4 Å². The molecule has 0 aliphatic carbocycles. The lowest BCUT2D eigenvalue weighted by molar-refractivity contribution is -0.119. The Kier molecular flexibility index (Phi) is 7.71. The van der Waals surface area contributed by atoms with Crippen LogP contribution < -0.4 is 20.7 Å². The normalized spacial score (nSPS) is 16.2. The van der Waals surface area contributed by atoms with Gasteiger partial charge in [0.25, 0.3) is 0 Å². The summed E-state index contributed by atoms with van der Waals surface area (Å²) in [6.45, 7) is 3.00. The lowest BCUT2D eigenvalue weighted by Gasteiger charge is -2.15. The quantitative estimate of drug-likeness (QED) is 0.248. The van der Waals surface area contributed by atoms with Crippen LogP contribution >= 0.6 is 23.2 Å². The summed E-state index contributed by atoms with van der Waals surface area (Å²) in [7, 11) is 1.61. The van der Waals surface area contributed by atoms with Crippen molar-refractivity contribution < 1.29 is 9.53 Å². The summed E-state index contributed by atoms with van der Waals surface area (Å²) in [5.41, 5.74) is 8.30. The van der Waals surface area contributed by atoms with E-state index in [9.17, 15) is 4.79 Å². The number of hydrogen-bond acceptors (Lipinski definition) is 6. The Balaban J connectivity index is 1.27. The minimum absolute atomic E-state index is 0.111. The molecular formula is C31H29Cl2N5O2. The van der Waals surface area contributed by atoms with Gasteiger partial charge in [0.1, 0.15) is 0 Å². The van der Waals surface area contributed by atoms with Crippen LogP contribution in [0.5, 0.6) is 5.88 Å². The number of aromatic nitrogens is 2. The third-order valence-corrected chi connectivity index (χ3v) is 8.28. The van der Waals surface area contributed by atoms with Crippen LogP contribution in [0.3, 0.4) is 0 Å². The lowest BCUT2D eigenvalue weighted by atomic mass is 9.98. The standard InChI is InChI=1S/C31H29Cl2N5O2/c1-40-31-20(15-35-17-22-8-10-27(39)37-22)7-9-26(38-31)25-4-2-3-23(28(25)32)24-11-12-36-30(29(24)33)18-5-6-19-14-34-16-21(19)13-18/h2-7,9,11-13,22,34-35H,8,10,14-17H2,1H3,(H,37,39). The zero-order valence-electron chi connectivity index (χ0n) is 22.1. The molecule has 4 heterocycles. The molecule has 2 aliphatic rings. The van der Waals surface area contributed by atoms with Gasteiger partial charge in [-0.1, -0.05) is 59.6 Å². The molecule has 7 nitrogen and oxygen atoms in total. The maximum absolute atomic E-state index is 11.4. The molecule has 204 valence electrons. The van der Waals surface area contributed by atoms with Gasteiger partial charge in [-0.3, -0.25) is 9.78 Å². The fourth-order valence-electron chi connectivity index (χ4n) is 5.37. The molecule has 2 aromatic heterocycles. The smallest absolute Gasteiger partial charge is 0.220 e. The van der Waals surface area contributed by atoms with Crippen molar-refractivity contribution >= 4 is 29.1 Å². The summed E-state index contributed by atoms with van der Waals surface area (Å²) in [5.74, 6) is 0.636. The van der Waals surface area contributed by atoms with Crippen LogP contribution in [0.2, 0.25) is 10.0 Å². The summed E-state index contributed by atoms with van der Waals surface area (Å²) in [6.07, 6.45) is 3.21. The molecule has 0 radical (unpaired) electrons. The van der Waals surface area contributed by atoms with Crippen molar-refractivity contribution in [2.75, 3.05) is 13.7 Å². The fourth-order valence-corrected chi connectivity index (χ4v) is 6.02. The first-order valence-electron chi connectivity index (χ1n) is 13.3. The topological polar surface area (TPSA) is 88.2 Å². The molecule has 1 unspecified atom stereocenters. The van der Waals surface area contributed by atoms with Crippen LogP contribution in [0.4, 0.5) is 0 Å². The second-order valence-corrected chi connectivity index (χ2v) is 10.8. The van der Waals surface area contributed by atoms with E-state index < -0.39 is 0 Å². The van der Waals surface area contributed by atoms with Crippen molar-refractivity contribution in [3.8, 4) is 39.5 Å². The van der Waals surface area contributed by atoms with Crippen molar-refractivity contribution in [1.29, 1.82) is 0 Å². The first kappa shape index (κ1) is 26.7. The van der Waals surface area contributed by atoms with E-state index in [1.165, 1.54) is 11.1 Å². The number of benzene rings is 2. The lowest BCUT2D eigenvalue weighted by Crippen LogP contribution is -2.35. The molecule has 6 rings (SSSR count). The first-order valence-corrected chi connectivity index (χ1v) is 14.1. The van der Waals surface area contributed by atoms with Gasteiger partial charge >= 0.3 is 0 Å². The second-order valence-electron chi connectivity index (χ2n) is 10.1. The van der Waals surface area contributed by atoms with E-state index in [-0.39, 0.29) is 11.9 Å². The van der Waals surface area contributed by atoms with E-state index in [1.54, 1.807) is 13.3 Å². The number of halogens is 2. The molecule has 40 heavy (non-hydrogen) atoms. The highest BCUT2D eigenvalue weighted by Crippen LogP contribution is 2.42. The number of nitrogens with one attached hydrogen (secondary N) is 3. The summed E-state index contributed by atoms with van der Waals surface area (Å²) in [6, 6.07) is 18.2. The average molecular weight is 575 g/mol. The van der Waals surface area contributed by atoms with E-state index in [0.717, 1.165) is 53.0 Å². The fraction of sp³-hybridized carbons (Fsp3) is 0.258. The van der Waals surface area contributed by atoms with E-state index in [4.69, 9.17) is 32.9 Å². The molecule has 0 spiro atoms. The van der Waals surface area contributed by atoms with E-state index >= 15 is 0 Å². The highest BCUT2D eigenvalue weighted by Gasteiger charge is 2.21. The molecule has 4 aromatic rings. The molecule has 0 saturated carbocycles. The Morgan fingerprint density at radius 3 is 2.65 bits per heavy atom. The van der Waals surface area contributed by atoms with Crippen LogP contribution in [0, 0.1) is 0 Å². The third-order valence-electron chi connectivity index (χ3n) is 7.49. The van der Waals surface area contributed by atoms with Crippen LogP contribution in [0.15, 0.2) is 60.8 Å². The number of pyridine rings is 2. The Hall–Kier alpha value is -3.49. The number of nitrogens with zero attached hydrogens (tertiary/aromatic N) is 2. The predicted octanol–water partition coefficient (Wildman–Crippen LogP) is 5.76. The van der Waals surface area contributed by atoms with Crippen molar-refractivity contribution in [2.24, 2.45) is 0 Å². The van der Waals surface area contributed by atoms with Crippen LogP contribution in [0.25, 0.3) is 33.6 Å². The molecule has 1 fully saturated rings. The number of ether oxygens (including phenoxy) is 1. The zero-order chi connectivity index (χ0) is 27.6. The van der Waals surface area contributed by atoms with Crippen molar-refractivity contribution in [2.45, 2.75) is 38.5 Å². The average Bonchev–Trinajstić information content (AvgIpc) is 3.62. The minimum Gasteiger partial charge on any atom is -0.481 e. The largest absolute Gasteiger partial charge is 0.481 e. The molecule has 1 amide bonds. The SMILES string of the molecule is COc1nc(-c2cccc(-c3ccnc(-c4ccc5c(c4)CNC5)c3Cl)c2Cl)ccc1CNCC1CCC(=O)N1. The van der Waals surface area contributed by atoms with Crippen molar-refractivity contribution in [3.63, 3.8) is 0 Å². The summed E-state index contributed by atoms with van der Waals surface area (Å²) in [4.78, 5) is 20.8. The van der Waals surface area contributed by atoms with Gasteiger partial charge in [0.05, 0.1) is 28.5 Å². The minimum atomic E-state index is 0.111. The number of methoxy groups -OCH3 is 1. The van der Waals surface area contributed by atoms with E-state index in [1.807, 2.05) is 36.4 Å². The first-order chi connectivity index (χ1) is 19.5. The monoisotopic (exact) mass is 573 g/mol. The summed E-state index contributed by atoms with van der Waals surface area (Å²) < 4.78 is 5.62. The van der Waals surface area contributed by atoms with Gasteiger partial charge < -0.3 is 20.7 Å². The highest BCUT2D eigenvalue weighted by molar-refractivity contribution is 6.39. The van der Waals surface area contributed by atoms with Gasteiger partial charge in [0.2, 0.25) is 11.8 Å². The van der Waals surface area contributed by atoms with E-state index in [2.05, 4.69) is 39.1 Å². The number of carbonyl (C=O) groups excluding carboxylic acids is 1. The molecular weight excluding hydrogens is 545 g/mol. The predicted molar refractivity (Wildman–Crippen MR) is 158 cm³/mol. The Labute approximate surface area is 243 Å². The third kappa shape index (κ3) is 5.30. The van der Waals surface area contributed by atoms with Gasteiger partial charge in [0, 0.05) is 72.7 Å². The van der Waals surface area contributed by atoms with E-state index in [0.29, 0.717) is 41.1 Å². The molecule has 2 aliphatic heterocycles.